The number of carbonyl (C=O) groups is 1. The van der Waals surface area contributed by atoms with E-state index in [1.807, 2.05) is 6.08 Å². The summed E-state index contributed by atoms with van der Waals surface area (Å²) in [6.45, 7) is 16.8. The summed E-state index contributed by atoms with van der Waals surface area (Å²) in [4.78, 5) is 11.6. The molecular weight excluding hydrogens is 268 g/mol. The molecule has 0 bridgehead atoms. The third-order valence-corrected chi connectivity index (χ3v) is 7.97. The van der Waals surface area contributed by atoms with Crippen molar-refractivity contribution in [2.75, 3.05) is 6.61 Å². The van der Waals surface area contributed by atoms with Crippen LogP contribution in [0.2, 0.25) is 18.1 Å². The molecule has 0 aromatic rings. The van der Waals surface area contributed by atoms with Gasteiger partial charge in [0.2, 0.25) is 8.32 Å². The van der Waals surface area contributed by atoms with Crippen LogP contribution in [0, 0.1) is 0 Å². The number of ether oxygens (including phenoxy) is 1. The van der Waals surface area contributed by atoms with E-state index in [-0.39, 0.29) is 11.0 Å². The zero-order chi connectivity index (χ0) is 15.8. The number of hydrogen-bond donors (Lipinski definition) is 0. The summed E-state index contributed by atoms with van der Waals surface area (Å²) in [5.41, 5.74) is 0. The van der Waals surface area contributed by atoms with E-state index in [2.05, 4.69) is 40.4 Å². The van der Waals surface area contributed by atoms with E-state index < -0.39 is 8.32 Å². The second kappa shape index (κ2) is 8.30. The maximum absolute atomic E-state index is 11.6. The molecular formula is C16H30O3Si. The van der Waals surface area contributed by atoms with Crippen molar-refractivity contribution in [3.8, 4) is 0 Å². The van der Waals surface area contributed by atoms with Crippen LogP contribution >= 0.6 is 0 Å². The van der Waals surface area contributed by atoms with Crippen molar-refractivity contribution in [3.05, 3.63) is 24.5 Å². The van der Waals surface area contributed by atoms with Crippen molar-refractivity contribution in [2.45, 2.75) is 65.1 Å². The number of carbonyl (C=O) groups excluding carboxylic acids is 1. The molecule has 0 aliphatic rings. The van der Waals surface area contributed by atoms with Crippen LogP contribution < -0.4 is 0 Å². The highest BCUT2D eigenvalue weighted by Crippen LogP contribution is 2.38. The number of esters is 1. The van der Waals surface area contributed by atoms with Crippen molar-refractivity contribution in [1.82, 2.24) is 0 Å². The fourth-order valence-corrected chi connectivity index (χ4v) is 2.49. The SMILES string of the molecule is C=CCCC/C(=C\C(=O)OCC)O[Si](C)(C)C(C)(C)C. The lowest BCUT2D eigenvalue weighted by Crippen LogP contribution is -2.40. The van der Waals surface area contributed by atoms with Gasteiger partial charge >= 0.3 is 5.97 Å². The molecule has 0 N–H and O–H groups in total. The monoisotopic (exact) mass is 298 g/mol. The highest BCUT2D eigenvalue weighted by atomic mass is 28.4. The minimum atomic E-state index is -1.92. The molecule has 0 amide bonds. The summed E-state index contributed by atoms with van der Waals surface area (Å²) in [5.74, 6) is 0.428. The zero-order valence-electron chi connectivity index (χ0n) is 13.9. The standard InChI is InChI=1S/C16H30O3Si/c1-8-10-11-12-14(13-15(17)18-9-2)19-20(6,7)16(3,4)5/h8,13H,1,9-12H2,2-7H3/b14-13+. The molecule has 0 saturated carbocycles. The number of hydrogen-bond acceptors (Lipinski definition) is 3. The molecule has 0 rings (SSSR count). The molecule has 0 atom stereocenters. The smallest absolute Gasteiger partial charge is 0.334 e. The lowest BCUT2D eigenvalue weighted by Gasteiger charge is -2.37. The van der Waals surface area contributed by atoms with Crippen LogP contribution in [0.25, 0.3) is 0 Å². The largest absolute Gasteiger partial charge is 0.546 e. The van der Waals surface area contributed by atoms with Gasteiger partial charge in [-0.1, -0.05) is 26.8 Å². The third kappa shape index (κ3) is 6.94. The van der Waals surface area contributed by atoms with E-state index in [0.717, 1.165) is 25.0 Å². The summed E-state index contributed by atoms with van der Waals surface area (Å²) in [7, 11) is -1.92. The maximum Gasteiger partial charge on any atom is 0.334 e. The minimum absolute atomic E-state index is 0.110. The van der Waals surface area contributed by atoms with Gasteiger partial charge in [0.25, 0.3) is 0 Å². The topological polar surface area (TPSA) is 35.5 Å². The number of unbranched alkanes of at least 4 members (excludes halogenated alkanes) is 1. The molecule has 0 aromatic carbocycles. The summed E-state index contributed by atoms with van der Waals surface area (Å²) in [5, 5.41) is 0.110. The van der Waals surface area contributed by atoms with Gasteiger partial charge in [0, 0.05) is 6.42 Å². The first kappa shape index (κ1) is 19.0. The molecule has 0 unspecified atom stereocenters. The fourth-order valence-electron chi connectivity index (χ4n) is 1.37. The average molecular weight is 298 g/mol. The van der Waals surface area contributed by atoms with Gasteiger partial charge in [0.1, 0.15) is 0 Å². The molecule has 3 nitrogen and oxygen atoms in total. The average Bonchev–Trinajstić information content (AvgIpc) is 2.27. The highest BCUT2D eigenvalue weighted by Gasteiger charge is 2.39. The van der Waals surface area contributed by atoms with E-state index in [4.69, 9.17) is 9.16 Å². The normalized spacial score (nSPS) is 13.0. The van der Waals surface area contributed by atoms with Gasteiger partial charge in [-0.2, -0.15) is 0 Å². The molecule has 0 heterocycles. The Hall–Kier alpha value is -1.03. The summed E-state index contributed by atoms with van der Waals surface area (Å²) in [6.07, 6.45) is 5.99. The predicted octanol–water partition coefficient (Wildman–Crippen LogP) is 4.81. The van der Waals surface area contributed by atoms with E-state index in [0.29, 0.717) is 6.61 Å². The Morgan fingerprint density at radius 1 is 1.30 bits per heavy atom. The Bertz CT molecular complexity index is 351. The van der Waals surface area contributed by atoms with E-state index in [1.165, 1.54) is 6.08 Å². The first-order valence-corrected chi connectivity index (χ1v) is 10.2. The Balaban J connectivity index is 4.93. The van der Waals surface area contributed by atoms with Gasteiger partial charge < -0.3 is 9.16 Å². The minimum Gasteiger partial charge on any atom is -0.546 e. The van der Waals surface area contributed by atoms with Crippen LogP contribution in [0.4, 0.5) is 0 Å². The zero-order valence-corrected chi connectivity index (χ0v) is 14.9. The third-order valence-electron chi connectivity index (χ3n) is 3.59. The van der Waals surface area contributed by atoms with Crippen LogP contribution in [0.3, 0.4) is 0 Å². The van der Waals surface area contributed by atoms with Crippen LogP contribution in [0.1, 0.15) is 47.0 Å². The van der Waals surface area contributed by atoms with Crippen molar-refractivity contribution in [2.24, 2.45) is 0 Å². The van der Waals surface area contributed by atoms with E-state index in [1.54, 1.807) is 6.92 Å². The Labute approximate surface area is 125 Å². The van der Waals surface area contributed by atoms with Gasteiger partial charge in [-0.25, -0.2) is 4.79 Å². The Morgan fingerprint density at radius 2 is 1.90 bits per heavy atom. The van der Waals surface area contributed by atoms with Gasteiger partial charge in [-0.3, -0.25) is 0 Å². The molecule has 0 aliphatic carbocycles. The molecule has 4 heteroatoms. The van der Waals surface area contributed by atoms with Crippen molar-refractivity contribution in [3.63, 3.8) is 0 Å². The van der Waals surface area contributed by atoms with Crippen LogP contribution in [0.15, 0.2) is 24.5 Å². The molecule has 0 aromatic heterocycles. The quantitative estimate of drug-likeness (QED) is 0.161. The summed E-state index contributed by atoms with van der Waals surface area (Å²) >= 11 is 0. The Kier molecular flexibility index (Phi) is 7.87. The molecule has 0 spiro atoms. The van der Waals surface area contributed by atoms with Gasteiger partial charge in [-0.15, -0.1) is 6.58 Å². The van der Waals surface area contributed by atoms with Crippen molar-refractivity contribution < 1.29 is 14.0 Å². The van der Waals surface area contributed by atoms with Gasteiger partial charge in [0.05, 0.1) is 18.4 Å². The lowest BCUT2D eigenvalue weighted by atomic mass is 10.2. The highest BCUT2D eigenvalue weighted by molar-refractivity contribution is 6.74. The fraction of sp³-hybridized carbons (Fsp3) is 0.688. The molecule has 0 radical (unpaired) electrons. The van der Waals surface area contributed by atoms with Gasteiger partial charge in [-0.05, 0) is 37.9 Å². The lowest BCUT2D eigenvalue weighted by molar-refractivity contribution is -0.137. The number of allylic oxidation sites excluding steroid dienone is 2. The van der Waals surface area contributed by atoms with Crippen molar-refractivity contribution >= 4 is 14.3 Å². The van der Waals surface area contributed by atoms with Crippen LogP contribution in [-0.4, -0.2) is 20.9 Å². The molecule has 116 valence electrons. The predicted molar refractivity (Wildman–Crippen MR) is 87.0 cm³/mol. The van der Waals surface area contributed by atoms with Crippen molar-refractivity contribution in [1.29, 1.82) is 0 Å². The van der Waals surface area contributed by atoms with Crippen LogP contribution in [-0.2, 0) is 14.0 Å². The first-order chi connectivity index (χ1) is 9.14. The second-order valence-corrected chi connectivity index (χ2v) is 11.1. The first-order valence-electron chi connectivity index (χ1n) is 7.31. The molecule has 0 saturated heterocycles. The van der Waals surface area contributed by atoms with E-state index >= 15 is 0 Å². The number of rotatable bonds is 8. The maximum atomic E-state index is 11.6. The Morgan fingerprint density at radius 3 is 2.35 bits per heavy atom. The van der Waals surface area contributed by atoms with E-state index in [9.17, 15) is 4.79 Å². The summed E-state index contributed by atoms with van der Waals surface area (Å²) in [6, 6.07) is 0. The molecule has 0 fully saturated rings. The van der Waals surface area contributed by atoms with Gasteiger partial charge in [0.15, 0.2) is 0 Å². The molecule has 20 heavy (non-hydrogen) atoms. The second-order valence-electron chi connectivity index (χ2n) is 6.41. The van der Waals surface area contributed by atoms with Crippen LogP contribution in [0.5, 0.6) is 0 Å². The molecule has 0 aliphatic heterocycles. The summed E-state index contributed by atoms with van der Waals surface area (Å²) < 4.78 is 11.2.